The van der Waals surface area contributed by atoms with Crippen LogP contribution in [0.2, 0.25) is 0 Å². The van der Waals surface area contributed by atoms with Crippen molar-refractivity contribution in [3.8, 4) is 11.4 Å². The summed E-state index contributed by atoms with van der Waals surface area (Å²) >= 11 is 1.21. The Morgan fingerprint density at radius 2 is 2.27 bits per heavy atom. The highest BCUT2D eigenvalue weighted by molar-refractivity contribution is 7.99. The second kappa shape index (κ2) is 7.46. The van der Waals surface area contributed by atoms with E-state index in [2.05, 4.69) is 15.5 Å². The first-order valence-corrected chi connectivity index (χ1v) is 7.31. The van der Waals surface area contributed by atoms with E-state index in [9.17, 15) is 9.59 Å². The third-order valence-electron chi connectivity index (χ3n) is 2.64. The van der Waals surface area contributed by atoms with Crippen LogP contribution in [0.5, 0.6) is 5.75 Å². The largest absolute Gasteiger partial charge is 0.497 e. The topological polar surface area (TPSA) is 112 Å². The van der Waals surface area contributed by atoms with Gasteiger partial charge >= 0.3 is 0 Å². The lowest BCUT2D eigenvalue weighted by Gasteiger charge is -2.08. The average molecular weight is 321 g/mol. The average Bonchev–Trinajstić information content (AvgIpc) is 2.99. The highest BCUT2D eigenvalue weighted by atomic mass is 32.2. The number of rotatable bonds is 7. The Kier molecular flexibility index (Phi) is 5.37. The summed E-state index contributed by atoms with van der Waals surface area (Å²) in [7, 11) is 1.59. The Hall–Kier alpha value is -2.55. The predicted molar refractivity (Wildman–Crippen MR) is 80.8 cm³/mol. The van der Waals surface area contributed by atoms with E-state index in [1.807, 2.05) is 24.3 Å². The van der Waals surface area contributed by atoms with Gasteiger partial charge in [-0.15, -0.1) is 10.2 Å². The molecule has 2 rings (SSSR count). The minimum Gasteiger partial charge on any atom is -0.497 e. The van der Waals surface area contributed by atoms with Gasteiger partial charge in [0.15, 0.2) is 5.16 Å². The highest BCUT2D eigenvalue weighted by Crippen LogP contribution is 2.22. The maximum Gasteiger partial charge on any atom is 0.236 e. The maximum absolute atomic E-state index is 11.6. The molecule has 0 spiro atoms. The lowest BCUT2D eigenvalue weighted by atomic mass is 10.3. The highest BCUT2D eigenvalue weighted by Gasteiger charge is 2.11. The van der Waals surface area contributed by atoms with Gasteiger partial charge in [-0.3, -0.25) is 14.2 Å². The molecule has 0 fully saturated rings. The number of ether oxygens (including phenoxy) is 1. The van der Waals surface area contributed by atoms with Crippen molar-refractivity contribution in [2.75, 3.05) is 19.4 Å². The van der Waals surface area contributed by atoms with Crippen LogP contribution in [0.25, 0.3) is 5.69 Å². The molecule has 3 N–H and O–H groups in total. The van der Waals surface area contributed by atoms with Crippen molar-refractivity contribution in [2.24, 2.45) is 5.73 Å². The van der Waals surface area contributed by atoms with Gasteiger partial charge in [0.05, 0.1) is 25.1 Å². The number of nitrogens with two attached hydrogens (primary N) is 1. The minimum absolute atomic E-state index is 0.107. The van der Waals surface area contributed by atoms with Gasteiger partial charge in [0.1, 0.15) is 12.1 Å². The SMILES string of the molecule is COc1cccc(-n2cnnc2SCC(=O)NCC(N)=O)c1. The number of thioether (sulfide) groups is 1. The van der Waals surface area contributed by atoms with E-state index in [0.717, 1.165) is 5.69 Å². The summed E-state index contributed by atoms with van der Waals surface area (Å²) in [6, 6.07) is 7.39. The number of benzene rings is 1. The quantitative estimate of drug-likeness (QED) is 0.693. The zero-order valence-electron chi connectivity index (χ0n) is 11.9. The summed E-state index contributed by atoms with van der Waals surface area (Å²) in [4.78, 5) is 22.2. The number of primary amides is 1. The number of aromatic nitrogens is 3. The van der Waals surface area contributed by atoms with E-state index in [-0.39, 0.29) is 18.2 Å². The monoisotopic (exact) mass is 321 g/mol. The molecule has 1 aromatic carbocycles. The second-order valence-corrected chi connectivity index (χ2v) is 5.16. The van der Waals surface area contributed by atoms with Crippen LogP contribution in [0.1, 0.15) is 0 Å². The van der Waals surface area contributed by atoms with Gasteiger partial charge in [-0.1, -0.05) is 17.8 Å². The van der Waals surface area contributed by atoms with Crippen molar-refractivity contribution in [3.63, 3.8) is 0 Å². The fraction of sp³-hybridized carbons (Fsp3) is 0.231. The third-order valence-corrected chi connectivity index (χ3v) is 3.58. The van der Waals surface area contributed by atoms with Gasteiger partial charge in [0.25, 0.3) is 0 Å². The van der Waals surface area contributed by atoms with Gasteiger partial charge in [0, 0.05) is 6.07 Å². The molecule has 0 aliphatic carbocycles. The first kappa shape index (κ1) is 15.8. The van der Waals surface area contributed by atoms with Crippen molar-refractivity contribution in [3.05, 3.63) is 30.6 Å². The van der Waals surface area contributed by atoms with Gasteiger partial charge in [-0.05, 0) is 12.1 Å². The van der Waals surface area contributed by atoms with Crippen molar-refractivity contribution in [2.45, 2.75) is 5.16 Å². The molecule has 0 unspecified atom stereocenters. The molecule has 2 aromatic rings. The van der Waals surface area contributed by atoms with Gasteiger partial charge in [0.2, 0.25) is 11.8 Å². The number of hydrogen-bond donors (Lipinski definition) is 2. The molecule has 8 nitrogen and oxygen atoms in total. The van der Waals surface area contributed by atoms with Crippen LogP contribution in [0, 0.1) is 0 Å². The number of hydrogen-bond acceptors (Lipinski definition) is 6. The summed E-state index contributed by atoms with van der Waals surface area (Å²) in [5, 5.41) is 10.8. The van der Waals surface area contributed by atoms with Gasteiger partial charge in [-0.2, -0.15) is 0 Å². The smallest absolute Gasteiger partial charge is 0.236 e. The van der Waals surface area contributed by atoms with Crippen molar-refractivity contribution in [1.29, 1.82) is 0 Å². The first-order chi connectivity index (χ1) is 10.6. The van der Waals surface area contributed by atoms with E-state index in [1.54, 1.807) is 18.0 Å². The molecule has 22 heavy (non-hydrogen) atoms. The van der Waals surface area contributed by atoms with Crippen molar-refractivity contribution in [1.82, 2.24) is 20.1 Å². The number of nitrogens with one attached hydrogen (secondary N) is 1. The standard InChI is InChI=1S/C13H15N5O3S/c1-21-10-4-2-3-9(5-10)18-8-16-17-13(18)22-7-12(20)15-6-11(14)19/h2-5,8H,6-7H2,1H3,(H2,14,19)(H,15,20). The molecular formula is C13H15N5O3S. The number of carbonyl (C=O) groups is 2. The second-order valence-electron chi connectivity index (χ2n) is 4.22. The van der Waals surface area contributed by atoms with Crippen molar-refractivity contribution < 1.29 is 14.3 Å². The minimum atomic E-state index is -0.585. The summed E-state index contributed by atoms with van der Waals surface area (Å²) in [6.45, 7) is -0.179. The van der Waals surface area contributed by atoms with Crippen LogP contribution in [0.15, 0.2) is 35.7 Å². The fourth-order valence-corrected chi connectivity index (χ4v) is 2.39. The van der Waals surface area contributed by atoms with E-state index < -0.39 is 5.91 Å². The van der Waals surface area contributed by atoms with E-state index in [1.165, 1.54) is 11.8 Å². The Morgan fingerprint density at radius 1 is 1.45 bits per heavy atom. The Labute approximate surface area is 131 Å². The molecule has 1 aromatic heterocycles. The van der Waals surface area contributed by atoms with Crippen LogP contribution in [0.3, 0.4) is 0 Å². The van der Waals surface area contributed by atoms with E-state index in [0.29, 0.717) is 10.9 Å². The van der Waals surface area contributed by atoms with Crippen LogP contribution in [-0.2, 0) is 9.59 Å². The Balaban J connectivity index is 2.03. The summed E-state index contributed by atoms with van der Waals surface area (Å²) in [5.41, 5.74) is 5.78. The van der Waals surface area contributed by atoms with E-state index in [4.69, 9.17) is 10.5 Å². The normalized spacial score (nSPS) is 10.2. The summed E-state index contributed by atoms with van der Waals surface area (Å²) in [5.74, 6) is -0.0705. The fourth-order valence-electron chi connectivity index (χ4n) is 1.63. The molecule has 0 aliphatic rings. The maximum atomic E-state index is 11.6. The number of carbonyl (C=O) groups excluding carboxylic acids is 2. The lowest BCUT2D eigenvalue weighted by molar-refractivity contribution is -0.123. The van der Waals surface area contributed by atoms with Crippen LogP contribution in [0.4, 0.5) is 0 Å². The molecule has 0 saturated heterocycles. The molecule has 116 valence electrons. The summed E-state index contributed by atoms with van der Waals surface area (Å²) < 4.78 is 6.92. The number of amides is 2. The molecule has 2 amide bonds. The Morgan fingerprint density at radius 3 is 3.00 bits per heavy atom. The van der Waals surface area contributed by atoms with Crippen LogP contribution in [-0.4, -0.2) is 46.0 Å². The molecule has 0 radical (unpaired) electrons. The molecule has 1 heterocycles. The molecular weight excluding hydrogens is 306 g/mol. The lowest BCUT2D eigenvalue weighted by Crippen LogP contribution is -2.34. The van der Waals surface area contributed by atoms with Crippen molar-refractivity contribution >= 4 is 23.6 Å². The molecule has 0 saturated carbocycles. The first-order valence-electron chi connectivity index (χ1n) is 6.32. The molecule has 0 aliphatic heterocycles. The number of nitrogens with zero attached hydrogens (tertiary/aromatic N) is 3. The summed E-state index contributed by atoms with van der Waals surface area (Å²) in [6.07, 6.45) is 1.55. The van der Waals surface area contributed by atoms with Crippen LogP contribution < -0.4 is 15.8 Å². The zero-order chi connectivity index (χ0) is 15.9. The Bertz CT molecular complexity index is 673. The van der Waals surface area contributed by atoms with E-state index >= 15 is 0 Å². The zero-order valence-corrected chi connectivity index (χ0v) is 12.7. The number of methoxy groups -OCH3 is 1. The predicted octanol–water partition coefficient (Wildman–Crippen LogP) is -0.0305. The molecule has 0 bridgehead atoms. The van der Waals surface area contributed by atoms with Gasteiger partial charge < -0.3 is 15.8 Å². The molecule has 0 atom stereocenters. The van der Waals surface area contributed by atoms with Crippen LogP contribution >= 0.6 is 11.8 Å². The van der Waals surface area contributed by atoms with Gasteiger partial charge in [-0.25, -0.2) is 0 Å². The third kappa shape index (κ3) is 4.22. The molecule has 9 heteroatoms.